The highest BCUT2D eigenvalue weighted by atomic mass is 32.2. The van der Waals surface area contributed by atoms with Gasteiger partial charge in [-0.05, 0) is 63.3 Å². The van der Waals surface area contributed by atoms with Gasteiger partial charge in [0.2, 0.25) is 5.91 Å². The van der Waals surface area contributed by atoms with Gasteiger partial charge in [0.25, 0.3) is 0 Å². The second-order valence-corrected chi connectivity index (χ2v) is 13.1. The van der Waals surface area contributed by atoms with Crippen LogP contribution in [0.4, 0.5) is 4.79 Å². The van der Waals surface area contributed by atoms with Crippen molar-refractivity contribution < 1.29 is 33.8 Å². The zero-order chi connectivity index (χ0) is 29.2. The van der Waals surface area contributed by atoms with Gasteiger partial charge in [-0.3, -0.25) is 9.59 Å². The molecule has 0 saturated carbocycles. The molecule has 1 heterocycles. The number of thioether (sulfide) groups is 1. The number of fused-ring (bicyclic) bond motifs is 3. The Labute approximate surface area is 238 Å². The Morgan fingerprint density at radius 2 is 1.62 bits per heavy atom. The minimum Gasteiger partial charge on any atom is -0.480 e. The highest BCUT2D eigenvalue weighted by molar-refractivity contribution is 8.00. The second-order valence-electron chi connectivity index (χ2n) is 11.5. The summed E-state index contributed by atoms with van der Waals surface area (Å²) in [5.41, 5.74) is 3.57. The van der Waals surface area contributed by atoms with Gasteiger partial charge in [0.15, 0.2) is 0 Å². The van der Waals surface area contributed by atoms with Gasteiger partial charge >= 0.3 is 18.0 Å². The Morgan fingerprint density at radius 1 is 1.05 bits per heavy atom. The third-order valence-electron chi connectivity index (χ3n) is 7.00. The van der Waals surface area contributed by atoms with Crippen molar-refractivity contribution in [3.8, 4) is 11.1 Å². The molecule has 1 aliphatic heterocycles. The van der Waals surface area contributed by atoms with E-state index in [9.17, 15) is 24.3 Å². The van der Waals surface area contributed by atoms with E-state index < -0.39 is 46.5 Å². The number of hydrogen-bond acceptors (Lipinski definition) is 7. The normalized spacial score (nSPS) is 18.4. The number of carbonyl (C=O) groups is 4. The lowest BCUT2D eigenvalue weighted by atomic mass is 9.98. The van der Waals surface area contributed by atoms with E-state index in [1.165, 1.54) is 16.7 Å². The number of carboxylic acids is 1. The average Bonchev–Trinajstić information content (AvgIpc) is 3.37. The van der Waals surface area contributed by atoms with E-state index >= 15 is 0 Å². The van der Waals surface area contributed by atoms with Crippen LogP contribution in [0.1, 0.15) is 64.5 Å². The summed E-state index contributed by atoms with van der Waals surface area (Å²) in [6, 6.07) is 13.7. The quantitative estimate of drug-likeness (QED) is 0.437. The second kappa shape index (κ2) is 11.5. The summed E-state index contributed by atoms with van der Waals surface area (Å²) in [6.07, 6.45) is -1.03. The highest BCUT2D eigenvalue weighted by Gasteiger charge is 2.48. The molecule has 1 aliphatic carbocycles. The first-order valence-electron chi connectivity index (χ1n) is 13.3. The third kappa shape index (κ3) is 6.43. The number of nitrogens with zero attached hydrogens (tertiary/aromatic N) is 1. The van der Waals surface area contributed by atoms with Gasteiger partial charge in [-0.2, -0.15) is 0 Å². The third-order valence-corrected chi connectivity index (χ3v) is 8.39. The molecule has 2 aromatic carbocycles. The number of carboxylic acid groups (broad SMARTS) is 1. The molecule has 2 atom stereocenters. The summed E-state index contributed by atoms with van der Waals surface area (Å²) in [5, 5.41) is 12.4. The first kappa shape index (κ1) is 29.5. The van der Waals surface area contributed by atoms with Crippen molar-refractivity contribution in [2.45, 2.75) is 75.9 Å². The fraction of sp³-hybridized carbons (Fsp3) is 0.467. The highest BCUT2D eigenvalue weighted by Crippen LogP contribution is 2.44. The van der Waals surface area contributed by atoms with Crippen molar-refractivity contribution in [1.29, 1.82) is 0 Å². The standard InChI is InChI=1S/C30H36N2O7S/c1-29(2,3)39-25(33)15-14-23(26(34)32-24(27(35)36)17-40-30(32,4)5)31-28(37)38-16-22-20-12-8-6-10-18(20)19-11-7-9-13-21(19)22/h6-13,22-24H,14-17H2,1-5H3,(H,31,37)(H,35,36)/t23-,24-/m0/s1. The molecule has 1 fully saturated rings. The SMILES string of the molecule is CC(C)(C)OC(=O)CC[C@H](NC(=O)OCC1c2ccccc2-c2ccccc21)C(=O)N1[C@H](C(=O)O)CSC1(C)C. The number of rotatable bonds is 8. The fourth-order valence-electron chi connectivity index (χ4n) is 5.27. The van der Waals surface area contributed by atoms with Crippen LogP contribution in [-0.2, 0) is 23.9 Å². The molecular weight excluding hydrogens is 532 g/mol. The maximum Gasteiger partial charge on any atom is 0.407 e. The van der Waals surface area contributed by atoms with Crippen molar-refractivity contribution in [3.05, 3.63) is 59.7 Å². The van der Waals surface area contributed by atoms with E-state index in [0.29, 0.717) is 0 Å². The van der Waals surface area contributed by atoms with Crippen molar-refractivity contribution in [2.24, 2.45) is 0 Å². The van der Waals surface area contributed by atoms with Crippen molar-refractivity contribution in [2.75, 3.05) is 12.4 Å². The molecular formula is C30H36N2O7S. The molecule has 2 aliphatic rings. The zero-order valence-corrected chi connectivity index (χ0v) is 24.2. The molecule has 214 valence electrons. The number of benzene rings is 2. The van der Waals surface area contributed by atoms with E-state index in [4.69, 9.17) is 9.47 Å². The first-order valence-corrected chi connectivity index (χ1v) is 14.3. The molecule has 4 rings (SSSR count). The Kier molecular flexibility index (Phi) is 8.49. The van der Waals surface area contributed by atoms with Crippen molar-refractivity contribution in [1.82, 2.24) is 10.2 Å². The van der Waals surface area contributed by atoms with Crippen LogP contribution in [0, 0.1) is 0 Å². The molecule has 9 nitrogen and oxygen atoms in total. The van der Waals surface area contributed by atoms with Gasteiger partial charge in [0.05, 0.1) is 4.87 Å². The fourth-order valence-corrected chi connectivity index (χ4v) is 6.48. The maximum atomic E-state index is 13.7. The molecule has 2 aromatic rings. The van der Waals surface area contributed by atoms with Gasteiger partial charge in [-0.15, -0.1) is 11.8 Å². The molecule has 0 radical (unpaired) electrons. The lowest BCUT2D eigenvalue weighted by molar-refractivity contribution is -0.156. The minimum atomic E-state index is -1.18. The summed E-state index contributed by atoms with van der Waals surface area (Å²) < 4.78 is 11.0. The molecule has 40 heavy (non-hydrogen) atoms. The predicted octanol–water partition coefficient (Wildman–Crippen LogP) is 4.78. The smallest absolute Gasteiger partial charge is 0.407 e. The molecule has 0 spiro atoms. The number of ether oxygens (including phenoxy) is 2. The summed E-state index contributed by atoms with van der Waals surface area (Å²) in [4.78, 5) is 51.6. The Balaban J connectivity index is 1.50. The summed E-state index contributed by atoms with van der Waals surface area (Å²) >= 11 is 1.34. The van der Waals surface area contributed by atoms with E-state index in [0.717, 1.165) is 22.3 Å². The lowest BCUT2D eigenvalue weighted by Crippen LogP contribution is -2.57. The number of hydrogen-bond donors (Lipinski definition) is 2. The minimum absolute atomic E-state index is 0.0512. The topological polar surface area (TPSA) is 122 Å². The Morgan fingerprint density at radius 3 is 2.17 bits per heavy atom. The number of aliphatic carboxylic acids is 1. The van der Waals surface area contributed by atoms with E-state index in [1.807, 2.05) is 48.5 Å². The summed E-state index contributed by atoms with van der Waals surface area (Å²) in [6.45, 7) is 8.79. The predicted molar refractivity (Wildman–Crippen MR) is 152 cm³/mol. The Bertz CT molecular complexity index is 1260. The average molecular weight is 569 g/mol. The monoisotopic (exact) mass is 568 g/mol. The van der Waals surface area contributed by atoms with Crippen LogP contribution in [0.2, 0.25) is 0 Å². The van der Waals surface area contributed by atoms with Crippen LogP contribution in [0.15, 0.2) is 48.5 Å². The zero-order valence-electron chi connectivity index (χ0n) is 23.4. The number of esters is 1. The molecule has 0 unspecified atom stereocenters. The van der Waals surface area contributed by atoms with Gasteiger partial charge in [0.1, 0.15) is 24.3 Å². The van der Waals surface area contributed by atoms with Gasteiger partial charge in [-0.25, -0.2) is 9.59 Å². The van der Waals surface area contributed by atoms with Crippen LogP contribution in [-0.4, -0.2) is 68.9 Å². The lowest BCUT2D eigenvalue weighted by Gasteiger charge is -2.36. The van der Waals surface area contributed by atoms with Crippen LogP contribution < -0.4 is 5.32 Å². The summed E-state index contributed by atoms with van der Waals surface area (Å²) in [5.74, 6) is -2.18. The molecule has 0 bridgehead atoms. The number of carbonyl (C=O) groups excluding carboxylic acids is 3. The van der Waals surface area contributed by atoms with E-state index in [-0.39, 0.29) is 31.1 Å². The summed E-state index contributed by atoms with van der Waals surface area (Å²) in [7, 11) is 0. The number of alkyl carbamates (subject to hydrolysis) is 1. The Hall–Kier alpha value is -3.53. The van der Waals surface area contributed by atoms with Crippen LogP contribution in [0.5, 0.6) is 0 Å². The molecule has 2 amide bonds. The van der Waals surface area contributed by atoms with Crippen LogP contribution >= 0.6 is 11.8 Å². The number of nitrogens with one attached hydrogen (secondary N) is 1. The van der Waals surface area contributed by atoms with E-state index in [2.05, 4.69) is 5.32 Å². The molecule has 0 aromatic heterocycles. The molecule has 2 N–H and O–H groups in total. The van der Waals surface area contributed by atoms with Gasteiger partial charge in [0, 0.05) is 18.1 Å². The van der Waals surface area contributed by atoms with Gasteiger partial charge in [-0.1, -0.05) is 48.5 Å². The van der Waals surface area contributed by atoms with Gasteiger partial charge < -0.3 is 24.8 Å². The number of amides is 2. The van der Waals surface area contributed by atoms with Crippen molar-refractivity contribution in [3.63, 3.8) is 0 Å². The molecule has 10 heteroatoms. The van der Waals surface area contributed by atoms with Crippen LogP contribution in [0.3, 0.4) is 0 Å². The van der Waals surface area contributed by atoms with E-state index in [1.54, 1.807) is 34.6 Å². The first-order chi connectivity index (χ1) is 18.8. The van der Waals surface area contributed by atoms with Crippen LogP contribution in [0.25, 0.3) is 11.1 Å². The largest absolute Gasteiger partial charge is 0.480 e. The van der Waals surface area contributed by atoms with Crippen molar-refractivity contribution >= 4 is 35.7 Å². The molecule has 1 saturated heterocycles. The maximum absolute atomic E-state index is 13.7.